The molecule has 0 saturated heterocycles. The highest BCUT2D eigenvalue weighted by Gasteiger charge is 2.64. The lowest BCUT2D eigenvalue weighted by atomic mass is 10.0. The topological polar surface area (TPSA) is 289 Å². The molecule has 10 N–H and O–H groups in total. The van der Waals surface area contributed by atoms with E-state index in [0.29, 0.717) is 0 Å². The van der Waals surface area contributed by atoms with Gasteiger partial charge in [0.15, 0.2) is 9.79 Å². The first-order valence-corrected chi connectivity index (χ1v) is 15.3. The van der Waals surface area contributed by atoms with Gasteiger partial charge in [0.25, 0.3) is 0 Å². The van der Waals surface area contributed by atoms with Gasteiger partial charge >= 0.3 is 30.4 Å². The average Bonchev–Trinajstić information content (AvgIpc) is 2.54. The smallest absolute Gasteiger partial charge is 0.343 e. The van der Waals surface area contributed by atoms with E-state index in [-0.39, 0.29) is 0 Å². The fourth-order valence-corrected chi connectivity index (χ4v) is 9.66. The maximum Gasteiger partial charge on any atom is 0.343 e. The summed E-state index contributed by atoms with van der Waals surface area (Å²) in [6.07, 6.45) is -8.09. The lowest BCUT2D eigenvalue weighted by molar-refractivity contribution is -0.0686. The fraction of sp³-hybridized carbons (Fsp3) is 1.00. The first kappa shape index (κ1) is 32.4. The second kappa shape index (κ2) is 11.5. The van der Waals surface area contributed by atoms with Gasteiger partial charge in [0.2, 0.25) is 0 Å². The molecule has 0 aromatic heterocycles. The van der Waals surface area contributed by atoms with Crippen LogP contribution in [-0.4, -0.2) is 84.9 Å². The first-order valence-electron chi connectivity index (χ1n) is 8.83. The van der Waals surface area contributed by atoms with Crippen molar-refractivity contribution in [3.05, 3.63) is 0 Å². The lowest BCUT2D eigenvalue weighted by Crippen LogP contribution is -2.41. The number of aliphatic hydroxyl groups excluding tert-OH is 2. The minimum absolute atomic E-state index is 0.865. The zero-order valence-electron chi connectivity index (χ0n) is 17.1. The van der Waals surface area contributed by atoms with E-state index in [1.807, 2.05) is 0 Å². The van der Waals surface area contributed by atoms with E-state index in [9.17, 15) is 57.4 Å². The molecule has 0 heterocycles. The third-order valence-electron chi connectivity index (χ3n) is 5.13. The first-order chi connectivity index (χ1) is 14.2. The van der Waals surface area contributed by atoms with Crippen LogP contribution >= 0.6 is 30.4 Å². The van der Waals surface area contributed by atoms with Crippen LogP contribution in [0.25, 0.3) is 0 Å². The molecule has 0 amide bonds. The number of rotatable bonds is 15. The van der Waals surface area contributed by atoms with Crippen molar-refractivity contribution >= 4 is 30.4 Å². The highest BCUT2D eigenvalue weighted by atomic mass is 31.2. The summed E-state index contributed by atoms with van der Waals surface area (Å²) in [6.45, 7) is -0.149. The highest BCUT2D eigenvalue weighted by molar-refractivity contribution is 7.73. The summed E-state index contributed by atoms with van der Waals surface area (Å²) in [4.78, 5) is 71.6. The van der Waals surface area contributed by atoms with Crippen LogP contribution in [0.4, 0.5) is 0 Å². The maximum absolute atomic E-state index is 12.3. The zero-order chi connectivity index (χ0) is 25.8. The quantitative estimate of drug-likeness (QED) is 0.0889. The van der Waals surface area contributed by atoms with E-state index >= 15 is 0 Å². The predicted molar refractivity (Wildman–Crippen MR) is 107 cm³/mol. The molecular weight excluding hydrogens is 524 g/mol. The SMILES string of the molecule is CCC(CC(CC(CC(C)OCO)(P(=O)(O)O)P(=O)(O)O)OCO)(P(=O)(O)O)P(=O)(O)O. The normalized spacial score (nSPS) is 16.8. The molecule has 0 saturated carbocycles. The molecule has 0 aromatic carbocycles. The summed E-state index contributed by atoms with van der Waals surface area (Å²) in [6, 6.07) is 0. The Kier molecular flexibility index (Phi) is 11.6. The van der Waals surface area contributed by atoms with Gasteiger partial charge in [-0.3, -0.25) is 18.3 Å². The third-order valence-corrected chi connectivity index (χ3v) is 14.3. The van der Waals surface area contributed by atoms with Crippen molar-refractivity contribution in [2.45, 2.75) is 61.5 Å². The molecule has 0 aliphatic heterocycles. The Morgan fingerprint density at radius 1 is 0.656 bits per heavy atom. The van der Waals surface area contributed by atoms with Gasteiger partial charge in [-0.25, -0.2) is 0 Å². The lowest BCUT2D eigenvalue weighted by Gasteiger charge is -2.41. The maximum atomic E-state index is 12.3. The van der Waals surface area contributed by atoms with Crippen LogP contribution in [0.3, 0.4) is 0 Å². The summed E-state index contributed by atoms with van der Waals surface area (Å²) in [5, 5.41) is 18.0. The Hall–Kier alpha value is 0.440. The van der Waals surface area contributed by atoms with Crippen molar-refractivity contribution < 1.29 is 77.1 Å². The number of ether oxygens (including phenoxy) is 2. The molecule has 2 unspecified atom stereocenters. The van der Waals surface area contributed by atoms with Crippen LogP contribution in [0.1, 0.15) is 39.5 Å². The molecule has 2 atom stereocenters. The zero-order valence-corrected chi connectivity index (χ0v) is 20.7. The summed E-state index contributed by atoms with van der Waals surface area (Å²) in [7, 11) is -22.9. The van der Waals surface area contributed by atoms with Crippen molar-refractivity contribution in [2.24, 2.45) is 0 Å². The minimum Gasteiger partial charge on any atom is -0.371 e. The second-order valence-electron chi connectivity index (χ2n) is 7.13. The van der Waals surface area contributed by atoms with Gasteiger partial charge in [0, 0.05) is 19.3 Å². The van der Waals surface area contributed by atoms with Gasteiger partial charge in [0.1, 0.15) is 13.6 Å². The van der Waals surface area contributed by atoms with Crippen LogP contribution in [0.15, 0.2) is 0 Å². The molecule has 0 rings (SSSR count). The Labute approximate surface area is 183 Å². The van der Waals surface area contributed by atoms with Crippen molar-refractivity contribution in [1.82, 2.24) is 0 Å². The van der Waals surface area contributed by atoms with E-state index in [1.54, 1.807) is 0 Å². The van der Waals surface area contributed by atoms with E-state index in [2.05, 4.69) is 4.74 Å². The van der Waals surface area contributed by atoms with Crippen molar-refractivity contribution in [3.63, 3.8) is 0 Å². The molecule has 16 nitrogen and oxygen atoms in total. The van der Waals surface area contributed by atoms with Gasteiger partial charge < -0.3 is 58.8 Å². The monoisotopic (exact) mass is 554 g/mol. The van der Waals surface area contributed by atoms with Crippen LogP contribution in [0.2, 0.25) is 0 Å². The molecule has 194 valence electrons. The van der Waals surface area contributed by atoms with Crippen molar-refractivity contribution in [3.8, 4) is 0 Å². The van der Waals surface area contributed by atoms with Gasteiger partial charge in [-0.2, -0.15) is 0 Å². The Balaban J connectivity index is 6.75. The number of hydrogen-bond donors (Lipinski definition) is 10. The van der Waals surface area contributed by atoms with E-state index < -0.39 is 91.7 Å². The molecule has 32 heavy (non-hydrogen) atoms. The highest BCUT2D eigenvalue weighted by Crippen LogP contribution is 2.75. The average molecular weight is 554 g/mol. The van der Waals surface area contributed by atoms with Crippen LogP contribution < -0.4 is 0 Å². The summed E-state index contributed by atoms with van der Waals surface area (Å²) in [5.41, 5.74) is 0. The molecule has 0 aliphatic carbocycles. The minimum atomic E-state index is -5.81. The Bertz CT molecular complexity index is 747. The van der Waals surface area contributed by atoms with Gasteiger partial charge in [-0.1, -0.05) is 6.92 Å². The molecule has 0 aromatic rings. The molecule has 20 heteroatoms. The number of hydrogen-bond acceptors (Lipinski definition) is 8. The molecule has 0 radical (unpaired) electrons. The summed E-state index contributed by atoms with van der Waals surface area (Å²) in [5.74, 6) is 0. The molecule has 0 aliphatic rings. The van der Waals surface area contributed by atoms with Crippen LogP contribution in [0, 0.1) is 0 Å². The van der Waals surface area contributed by atoms with E-state index in [4.69, 9.17) is 14.9 Å². The summed E-state index contributed by atoms with van der Waals surface area (Å²) < 4.78 is 58.0. The molecular formula is C12H30O16P4. The third kappa shape index (κ3) is 7.22. The Morgan fingerprint density at radius 2 is 1.00 bits per heavy atom. The molecule has 0 bridgehead atoms. The largest absolute Gasteiger partial charge is 0.371 e. The van der Waals surface area contributed by atoms with Crippen LogP contribution in [0.5, 0.6) is 0 Å². The van der Waals surface area contributed by atoms with Crippen molar-refractivity contribution in [1.29, 1.82) is 0 Å². The summed E-state index contributed by atoms with van der Waals surface area (Å²) >= 11 is 0. The fourth-order valence-electron chi connectivity index (χ4n) is 3.36. The second-order valence-corrected chi connectivity index (χ2v) is 15.6. The molecule has 0 fully saturated rings. The van der Waals surface area contributed by atoms with E-state index in [0.717, 1.165) is 13.8 Å². The van der Waals surface area contributed by atoms with E-state index in [1.165, 1.54) is 0 Å². The standard InChI is InChI=1S/C12H30O16P4/c1-3-11(29(15,16)17,30(18,19)20)5-10(28-8-14)6-12(31(21,22)23,32(24,25)26)4-9(2)27-7-13/h9-10,13-14H,3-8H2,1-2H3,(H2,15,16,17)(H2,18,19,20)(H2,21,22,23)(H2,24,25,26). The molecule has 0 spiro atoms. The predicted octanol–water partition coefficient (Wildman–Crippen LogP) is -0.640. The van der Waals surface area contributed by atoms with Gasteiger partial charge in [-0.15, -0.1) is 0 Å². The van der Waals surface area contributed by atoms with Crippen LogP contribution in [-0.2, 0) is 27.7 Å². The van der Waals surface area contributed by atoms with Gasteiger partial charge in [0.05, 0.1) is 12.2 Å². The van der Waals surface area contributed by atoms with Crippen molar-refractivity contribution in [2.75, 3.05) is 13.6 Å². The number of aliphatic hydroxyl groups is 2. The van der Waals surface area contributed by atoms with Gasteiger partial charge in [-0.05, 0) is 13.3 Å². The Morgan fingerprint density at radius 3 is 1.28 bits per heavy atom.